The molecule has 4 nitrogen and oxygen atoms in total. The van der Waals surface area contributed by atoms with Crippen molar-refractivity contribution in [3.8, 4) is 0 Å². The van der Waals surface area contributed by atoms with E-state index in [-0.39, 0.29) is 49.6 Å². The first-order valence-electron chi connectivity index (χ1n) is 11.6. The highest BCUT2D eigenvalue weighted by Crippen LogP contribution is 2.14. The minimum atomic E-state index is 0. The molecule has 4 aliphatic carbocycles. The van der Waals surface area contributed by atoms with Crippen LogP contribution >= 0.6 is 49.6 Å². The van der Waals surface area contributed by atoms with Gasteiger partial charge in [-0.1, -0.05) is 25.7 Å². The Labute approximate surface area is 219 Å². The zero-order valence-corrected chi connectivity index (χ0v) is 22.7. The van der Waals surface area contributed by atoms with Crippen molar-refractivity contribution in [2.75, 3.05) is 0 Å². The second-order valence-corrected chi connectivity index (χ2v) is 8.40. The van der Waals surface area contributed by atoms with Gasteiger partial charge in [0.05, 0.1) is 0 Å². The number of hydrogen-bond donors (Lipinski definition) is 0. The van der Waals surface area contributed by atoms with E-state index < -0.39 is 0 Å². The molecule has 0 aliphatic heterocycles. The smallest absolute Gasteiger partial charge is 0.132 e. The van der Waals surface area contributed by atoms with Crippen molar-refractivity contribution in [1.29, 1.82) is 0 Å². The Morgan fingerprint density at radius 1 is 0.250 bits per heavy atom. The van der Waals surface area contributed by atoms with Gasteiger partial charge in [0.15, 0.2) is 0 Å². The standard InChI is InChI=1S/4C6H10O.4ClH/c4*7-6-4-2-1-3-5-6;;;;/h4*1-5H2;4*1H. The lowest BCUT2D eigenvalue weighted by molar-refractivity contribution is -0.121. The molecule has 4 aliphatic rings. The lowest BCUT2D eigenvalue weighted by Gasteiger charge is -2.05. The molecule has 0 amide bonds. The predicted molar refractivity (Wildman–Crippen MR) is 141 cm³/mol. The van der Waals surface area contributed by atoms with Gasteiger partial charge in [0.1, 0.15) is 23.1 Å². The molecule has 0 spiro atoms. The second kappa shape index (κ2) is 27.1. The Kier molecular flexibility index (Phi) is 33.1. The third-order valence-corrected chi connectivity index (χ3v) is 5.64. The third-order valence-electron chi connectivity index (χ3n) is 5.64. The van der Waals surface area contributed by atoms with Gasteiger partial charge in [0, 0.05) is 51.4 Å². The molecule has 4 saturated carbocycles. The van der Waals surface area contributed by atoms with Crippen molar-refractivity contribution in [3.63, 3.8) is 0 Å². The Balaban J connectivity index is -0.000000157. The van der Waals surface area contributed by atoms with Crippen LogP contribution in [-0.2, 0) is 19.2 Å². The van der Waals surface area contributed by atoms with Gasteiger partial charge in [-0.2, -0.15) is 0 Å². The van der Waals surface area contributed by atoms with Crippen LogP contribution in [0.2, 0.25) is 0 Å². The van der Waals surface area contributed by atoms with E-state index in [1.807, 2.05) is 0 Å². The number of carbonyl (C=O) groups excluding carboxylic acids is 4. The molecule has 0 aromatic rings. The fraction of sp³-hybridized carbons (Fsp3) is 0.833. The highest BCUT2D eigenvalue weighted by atomic mass is 35.5. The van der Waals surface area contributed by atoms with Crippen LogP contribution < -0.4 is 0 Å². The van der Waals surface area contributed by atoms with Gasteiger partial charge in [-0.3, -0.25) is 19.2 Å². The minimum absolute atomic E-state index is 0. The normalized spacial score (nSPS) is 19.8. The quantitative estimate of drug-likeness (QED) is 0.316. The summed E-state index contributed by atoms with van der Waals surface area (Å²) in [4.78, 5) is 41.9. The summed E-state index contributed by atoms with van der Waals surface area (Å²) in [5, 5.41) is 0. The van der Waals surface area contributed by atoms with E-state index in [1.165, 1.54) is 25.7 Å². The largest absolute Gasteiger partial charge is 0.300 e. The van der Waals surface area contributed by atoms with E-state index in [9.17, 15) is 19.2 Å². The maximum absolute atomic E-state index is 10.5. The maximum Gasteiger partial charge on any atom is 0.132 e. The number of ketones is 4. The van der Waals surface area contributed by atoms with Gasteiger partial charge >= 0.3 is 0 Å². The summed E-state index contributed by atoms with van der Waals surface area (Å²) in [6.07, 6.45) is 21.0. The molecule has 192 valence electrons. The molecule has 0 unspecified atom stereocenters. The molecular weight excluding hydrogens is 494 g/mol. The molecule has 0 atom stereocenters. The zero-order chi connectivity index (χ0) is 20.5. The fourth-order valence-electron chi connectivity index (χ4n) is 3.78. The monoisotopic (exact) mass is 536 g/mol. The van der Waals surface area contributed by atoms with Crippen molar-refractivity contribution < 1.29 is 19.2 Å². The van der Waals surface area contributed by atoms with Crippen molar-refractivity contribution in [2.24, 2.45) is 0 Å². The Morgan fingerprint density at radius 3 is 0.438 bits per heavy atom. The first kappa shape index (κ1) is 39.1. The topological polar surface area (TPSA) is 68.3 Å². The van der Waals surface area contributed by atoms with Gasteiger partial charge in [0.25, 0.3) is 0 Å². The summed E-state index contributed by atoms with van der Waals surface area (Å²) in [6.45, 7) is 0. The van der Waals surface area contributed by atoms with E-state index >= 15 is 0 Å². The highest BCUT2D eigenvalue weighted by Gasteiger charge is 2.07. The van der Waals surface area contributed by atoms with E-state index in [4.69, 9.17) is 0 Å². The van der Waals surface area contributed by atoms with Gasteiger partial charge in [-0.05, 0) is 51.4 Å². The third kappa shape index (κ3) is 24.5. The Hall–Kier alpha value is -0.160. The van der Waals surface area contributed by atoms with Crippen molar-refractivity contribution in [3.05, 3.63) is 0 Å². The average Bonchev–Trinajstić information content (AvgIpc) is 2.72. The van der Waals surface area contributed by atoms with Crippen LogP contribution in [0.1, 0.15) is 128 Å². The molecule has 0 N–H and O–H groups in total. The number of carbonyl (C=O) groups is 4. The number of halogens is 4. The second-order valence-electron chi connectivity index (χ2n) is 8.40. The van der Waals surface area contributed by atoms with E-state index in [1.54, 1.807) is 0 Å². The molecular formula is C24H44Cl4O4. The molecule has 4 rings (SSSR count). The van der Waals surface area contributed by atoms with Gasteiger partial charge in [-0.15, -0.1) is 49.6 Å². The molecule has 0 radical (unpaired) electrons. The Morgan fingerprint density at radius 2 is 0.375 bits per heavy atom. The molecule has 0 saturated heterocycles. The lowest BCUT2D eigenvalue weighted by Crippen LogP contribution is -2.02. The summed E-state index contributed by atoms with van der Waals surface area (Å²) >= 11 is 0. The highest BCUT2D eigenvalue weighted by molar-refractivity contribution is 5.86. The van der Waals surface area contributed by atoms with E-state index in [0.29, 0.717) is 23.1 Å². The van der Waals surface area contributed by atoms with E-state index in [2.05, 4.69) is 0 Å². The van der Waals surface area contributed by atoms with Crippen molar-refractivity contribution >= 4 is 72.8 Å². The van der Waals surface area contributed by atoms with Crippen LogP contribution in [-0.4, -0.2) is 23.1 Å². The lowest BCUT2D eigenvalue weighted by atomic mass is 10.00. The fourth-order valence-corrected chi connectivity index (χ4v) is 3.78. The van der Waals surface area contributed by atoms with Gasteiger partial charge in [0.2, 0.25) is 0 Å². The number of rotatable bonds is 0. The van der Waals surface area contributed by atoms with Crippen molar-refractivity contribution in [2.45, 2.75) is 128 Å². The molecule has 0 bridgehead atoms. The zero-order valence-electron chi connectivity index (χ0n) is 19.4. The minimum Gasteiger partial charge on any atom is -0.300 e. The summed E-state index contributed by atoms with van der Waals surface area (Å²) in [7, 11) is 0. The molecule has 8 heteroatoms. The summed E-state index contributed by atoms with van der Waals surface area (Å²) < 4.78 is 0. The van der Waals surface area contributed by atoms with Crippen LogP contribution in [0, 0.1) is 0 Å². The summed E-state index contributed by atoms with van der Waals surface area (Å²) in [5.74, 6) is 1.86. The van der Waals surface area contributed by atoms with E-state index in [0.717, 1.165) is 103 Å². The summed E-state index contributed by atoms with van der Waals surface area (Å²) in [5.41, 5.74) is 0. The van der Waals surface area contributed by atoms with Gasteiger partial charge in [-0.25, -0.2) is 0 Å². The maximum atomic E-state index is 10.5. The van der Waals surface area contributed by atoms with Crippen LogP contribution in [0.25, 0.3) is 0 Å². The SMILES string of the molecule is Cl.Cl.Cl.Cl.O=C1CCCCC1.O=C1CCCCC1.O=C1CCCCC1.O=C1CCCCC1. The van der Waals surface area contributed by atoms with Crippen LogP contribution in [0.15, 0.2) is 0 Å². The Bertz CT molecular complexity index is 378. The molecule has 32 heavy (non-hydrogen) atoms. The number of Topliss-reactive ketones (excluding diaryl/α,β-unsaturated/α-hetero) is 4. The first-order chi connectivity index (χ1) is 13.6. The van der Waals surface area contributed by atoms with Crippen molar-refractivity contribution in [1.82, 2.24) is 0 Å². The molecule has 0 heterocycles. The molecule has 4 fully saturated rings. The van der Waals surface area contributed by atoms with Crippen LogP contribution in [0.3, 0.4) is 0 Å². The predicted octanol–water partition coefficient (Wildman–Crippen LogP) is 7.77. The van der Waals surface area contributed by atoms with Crippen LogP contribution in [0.5, 0.6) is 0 Å². The van der Waals surface area contributed by atoms with Gasteiger partial charge < -0.3 is 0 Å². The summed E-state index contributed by atoms with van der Waals surface area (Å²) in [6, 6.07) is 0. The average molecular weight is 538 g/mol. The number of hydrogen-bond acceptors (Lipinski definition) is 4. The first-order valence-corrected chi connectivity index (χ1v) is 11.6. The molecule has 0 aromatic heterocycles. The van der Waals surface area contributed by atoms with Crippen LogP contribution in [0.4, 0.5) is 0 Å². The molecule has 0 aromatic carbocycles.